The fraction of sp³-hybridized carbons (Fsp3) is 0.318. The fourth-order valence-corrected chi connectivity index (χ4v) is 4.15. The molecule has 1 aliphatic heterocycles. The molecule has 0 saturated carbocycles. The normalized spacial score (nSPS) is 16.4. The maximum atomic E-state index is 13.3. The van der Waals surface area contributed by atoms with E-state index in [-0.39, 0.29) is 42.6 Å². The predicted molar refractivity (Wildman–Crippen MR) is 117 cm³/mol. The van der Waals surface area contributed by atoms with Gasteiger partial charge in [0.2, 0.25) is 0 Å². The molecule has 0 radical (unpaired) electrons. The third kappa shape index (κ3) is 4.62. The van der Waals surface area contributed by atoms with Crippen LogP contribution < -0.4 is 5.32 Å². The highest BCUT2D eigenvalue weighted by atomic mass is 35.5. The molecule has 3 heterocycles. The van der Waals surface area contributed by atoms with Crippen LogP contribution in [0.1, 0.15) is 28.0 Å². The number of nitrogens with zero attached hydrogens (tertiary/aromatic N) is 3. The first-order chi connectivity index (χ1) is 15.8. The Labute approximate surface area is 192 Å². The summed E-state index contributed by atoms with van der Waals surface area (Å²) in [5, 5.41) is 12.1. The lowest BCUT2D eigenvalue weighted by molar-refractivity contribution is -0.0214. The number of ether oxygens (including phenoxy) is 1. The Bertz CT molecular complexity index is 1220. The molecule has 0 aliphatic carbocycles. The highest BCUT2D eigenvalue weighted by Gasteiger charge is 2.27. The number of rotatable bonds is 5. The summed E-state index contributed by atoms with van der Waals surface area (Å²) < 4.78 is 34.0. The Hall–Kier alpha value is -3.24. The molecule has 4 rings (SSSR count). The molecule has 2 aromatic heterocycles. The van der Waals surface area contributed by atoms with E-state index in [0.29, 0.717) is 28.2 Å². The maximum absolute atomic E-state index is 13.3. The number of amides is 2. The monoisotopic (exact) mass is 478 g/mol. The van der Waals surface area contributed by atoms with Gasteiger partial charge in [0, 0.05) is 42.9 Å². The van der Waals surface area contributed by atoms with Crippen LogP contribution in [-0.2, 0) is 11.2 Å². The molecular formula is C22H21ClF2N4O4. The van der Waals surface area contributed by atoms with E-state index in [9.17, 15) is 23.5 Å². The van der Waals surface area contributed by atoms with Gasteiger partial charge in [0.05, 0.1) is 35.7 Å². The number of morpholine rings is 1. The summed E-state index contributed by atoms with van der Waals surface area (Å²) in [6, 6.07) is 7.38. The highest BCUT2D eigenvalue weighted by molar-refractivity contribution is 6.33. The number of hydrogen-bond acceptors (Lipinski definition) is 4. The van der Waals surface area contributed by atoms with Gasteiger partial charge in [-0.2, -0.15) is 0 Å². The molecule has 1 aromatic carbocycles. The number of fused-ring (bicyclic) bond motifs is 1. The van der Waals surface area contributed by atoms with E-state index in [1.165, 1.54) is 36.3 Å². The first kappa shape index (κ1) is 22.9. The Morgan fingerprint density at radius 1 is 1.33 bits per heavy atom. The molecule has 0 bridgehead atoms. The smallest absolute Gasteiger partial charge is 0.407 e. The van der Waals surface area contributed by atoms with Gasteiger partial charge in [-0.3, -0.25) is 4.79 Å². The van der Waals surface area contributed by atoms with E-state index in [1.807, 2.05) is 0 Å². The van der Waals surface area contributed by atoms with Gasteiger partial charge in [0.25, 0.3) is 12.3 Å². The molecule has 1 aliphatic rings. The van der Waals surface area contributed by atoms with Gasteiger partial charge < -0.3 is 24.5 Å². The lowest BCUT2D eigenvalue weighted by atomic mass is 10.0. The van der Waals surface area contributed by atoms with E-state index < -0.39 is 18.6 Å². The number of carboxylic acid groups (broad SMARTS) is 1. The first-order valence-electron chi connectivity index (χ1n) is 10.2. The van der Waals surface area contributed by atoms with Crippen LogP contribution >= 0.6 is 11.6 Å². The van der Waals surface area contributed by atoms with Crippen molar-refractivity contribution < 1.29 is 28.2 Å². The summed E-state index contributed by atoms with van der Waals surface area (Å²) in [5.74, 6) is -0.301. The summed E-state index contributed by atoms with van der Waals surface area (Å²) >= 11 is 6.49. The van der Waals surface area contributed by atoms with Crippen molar-refractivity contribution in [2.24, 2.45) is 0 Å². The number of nitrogens with one attached hydrogen (secondary N) is 1. The number of halogens is 3. The third-order valence-corrected chi connectivity index (χ3v) is 5.86. The van der Waals surface area contributed by atoms with E-state index in [0.717, 1.165) is 0 Å². The van der Waals surface area contributed by atoms with E-state index in [2.05, 4.69) is 10.3 Å². The van der Waals surface area contributed by atoms with Gasteiger partial charge in [-0.25, -0.2) is 18.6 Å². The first-order valence-corrected chi connectivity index (χ1v) is 10.6. The molecular weight excluding hydrogens is 458 g/mol. The van der Waals surface area contributed by atoms with Crippen molar-refractivity contribution in [1.82, 2.24) is 19.6 Å². The second kappa shape index (κ2) is 9.32. The average Bonchev–Trinajstić information content (AvgIpc) is 3.15. The molecule has 33 heavy (non-hydrogen) atoms. The SMILES string of the molecule is CNC(=O)c1ccc(-c2nc3cc(C(F)F)ccn3c2C[C@H]2CN(C(=O)O)CCO2)c(Cl)c1. The zero-order valence-corrected chi connectivity index (χ0v) is 18.4. The van der Waals surface area contributed by atoms with Crippen LogP contribution in [0.3, 0.4) is 0 Å². The zero-order chi connectivity index (χ0) is 23.7. The topological polar surface area (TPSA) is 96.2 Å². The van der Waals surface area contributed by atoms with Crippen LogP contribution in [-0.4, -0.2) is 64.2 Å². The van der Waals surface area contributed by atoms with Gasteiger partial charge in [0.1, 0.15) is 5.65 Å². The number of benzene rings is 1. The number of hydrogen-bond donors (Lipinski definition) is 2. The number of pyridine rings is 1. The van der Waals surface area contributed by atoms with Crippen LogP contribution in [0.2, 0.25) is 5.02 Å². The largest absolute Gasteiger partial charge is 0.465 e. The Morgan fingerprint density at radius 3 is 2.79 bits per heavy atom. The lowest BCUT2D eigenvalue weighted by Crippen LogP contribution is -2.45. The van der Waals surface area contributed by atoms with Gasteiger partial charge in [-0.15, -0.1) is 0 Å². The quantitative estimate of drug-likeness (QED) is 0.580. The van der Waals surface area contributed by atoms with Crippen molar-refractivity contribution in [3.63, 3.8) is 0 Å². The number of carbonyl (C=O) groups excluding carboxylic acids is 1. The van der Waals surface area contributed by atoms with Gasteiger partial charge in [-0.1, -0.05) is 17.7 Å². The molecule has 11 heteroatoms. The van der Waals surface area contributed by atoms with Crippen LogP contribution in [0.4, 0.5) is 13.6 Å². The highest BCUT2D eigenvalue weighted by Crippen LogP contribution is 2.33. The molecule has 1 atom stereocenters. The summed E-state index contributed by atoms with van der Waals surface area (Å²) in [6.45, 7) is 0.691. The molecule has 1 saturated heterocycles. The van der Waals surface area contributed by atoms with Crippen molar-refractivity contribution in [2.45, 2.75) is 19.0 Å². The maximum Gasteiger partial charge on any atom is 0.407 e. The molecule has 1 fully saturated rings. The molecule has 2 N–H and O–H groups in total. The standard InChI is InChI=1S/C22H21ClF2N4O4/c1-26-21(30)13-2-3-15(16(23)8-13)19-17(10-14-11-28(22(31)32)6-7-33-14)29-5-4-12(20(24)25)9-18(29)27-19/h2-5,8-9,14,20H,6-7,10-11H2,1H3,(H,26,30)(H,31,32)/t14-/m0/s1. The van der Waals surface area contributed by atoms with Crippen molar-refractivity contribution in [2.75, 3.05) is 26.7 Å². The Morgan fingerprint density at radius 2 is 2.12 bits per heavy atom. The van der Waals surface area contributed by atoms with Crippen molar-refractivity contribution in [3.05, 3.63) is 58.4 Å². The lowest BCUT2D eigenvalue weighted by Gasteiger charge is -2.31. The summed E-state index contributed by atoms with van der Waals surface area (Å²) in [6.07, 6.45) is -2.35. The molecule has 8 nitrogen and oxygen atoms in total. The van der Waals surface area contributed by atoms with Gasteiger partial charge in [0.15, 0.2) is 0 Å². The molecule has 3 aromatic rings. The molecule has 2 amide bonds. The van der Waals surface area contributed by atoms with Crippen LogP contribution in [0.5, 0.6) is 0 Å². The van der Waals surface area contributed by atoms with E-state index in [1.54, 1.807) is 16.5 Å². The Balaban J connectivity index is 1.79. The second-order valence-corrected chi connectivity index (χ2v) is 8.00. The average molecular weight is 479 g/mol. The molecule has 174 valence electrons. The fourth-order valence-electron chi connectivity index (χ4n) is 3.88. The minimum Gasteiger partial charge on any atom is -0.465 e. The molecule has 0 unspecified atom stereocenters. The predicted octanol–water partition coefficient (Wildman–Crippen LogP) is 3.87. The summed E-state index contributed by atoms with van der Waals surface area (Å²) in [7, 11) is 1.51. The minimum absolute atomic E-state index is 0.167. The van der Waals surface area contributed by atoms with E-state index >= 15 is 0 Å². The number of alkyl halides is 2. The van der Waals surface area contributed by atoms with Gasteiger partial charge >= 0.3 is 6.09 Å². The zero-order valence-electron chi connectivity index (χ0n) is 17.6. The van der Waals surface area contributed by atoms with Crippen molar-refractivity contribution >= 4 is 29.2 Å². The number of imidazole rings is 1. The van der Waals surface area contributed by atoms with Crippen LogP contribution in [0.15, 0.2) is 36.5 Å². The van der Waals surface area contributed by atoms with Crippen molar-refractivity contribution in [3.8, 4) is 11.3 Å². The summed E-state index contributed by atoms with van der Waals surface area (Å²) in [5.41, 5.74) is 2.10. The van der Waals surface area contributed by atoms with Crippen molar-refractivity contribution in [1.29, 1.82) is 0 Å². The van der Waals surface area contributed by atoms with Gasteiger partial charge in [-0.05, 0) is 24.3 Å². The molecule has 0 spiro atoms. The Kier molecular flexibility index (Phi) is 6.48. The minimum atomic E-state index is -2.65. The summed E-state index contributed by atoms with van der Waals surface area (Å²) in [4.78, 5) is 29.2. The second-order valence-electron chi connectivity index (χ2n) is 7.60. The third-order valence-electron chi connectivity index (χ3n) is 5.54. The number of carbonyl (C=O) groups is 2. The van der Waals surface area contributed by atoms with E-state index in [4.69, 9.17) is 16.3 Å². The van der Waals surface area contributed by atoms with Crippen LogP contribution in [0, 0.1) is 0 Å². The van der Waals surface area contributed by atoms with Crippen LogP contribution in [0.25, 0.3) is 16.9 Å². The number of aromatic nitrogens is 2.